The van der Waals surface area contributed by atoms with Crippen molar-refractivity contribution in [2.24, 2.45) is 17.1 Å². The van der Waals surface area contributed by atoms with Crippen LogP contribution in [-0.2, 0) is 16.1 Å². The third kappa shape index (κ3) is 1.75. The van der Waals surface area contributed by atoms with Crippen LogP contribution >= 0.6 is 11.3 Å². The number of carbonyl (C=O) groups excluding carboxylic acids is 1. The van der Waals surface area contributed by atoms with Crippen molar-refractivity contribution in [3.8, 4) is 0 Å². The van der Waals surface area contributed by atoms with Gasteiger partial charge in [0, 0.05) is 23.3 Å². The minimum Gasteiger partial charge on any atom is -0.377 e. The molecular formula is C14H21N3O2S. The molecule has 0 aromatic carbocycles. The van der Waals surface area contributed by atoms with E-state index in [1.54, 1.807) is 11.3 Å². The van der Waals surface area contributed by atoms with Crippen molar-refractivity contribution in [3.63, 3.8) is 0 Å². The molecule has 20 heavy (non-hydrogen) atoms. The topological polar surface area (TPSA) is 77.2 Å². The Labute approximate surface area is 122 Å². The van der Waals surface area contributed by atoms with Crippen LogP contribution in [0.1, 0.15) is 31.0 Å². The molecule has 0 bridgehead atoms. The molecule has 0 radical (unpaired) electrons. The fourth-order valence-electron chi connectivity index (χ4n) is 3.65. The van der Waals surface area contributed by atoms with Crippen LogP contribution in [0.2, 0.25) is 0 Å². The van der Waals surface area contributed by atoms with Gasteiger partial charge in [0.15, 0.2) is 0 Å². The van der Waals surface area contributed by atoms with Crippen LogP contribution in [0, 0.1) is 18.3 Å². The molecule has 3 unspecified atom stereocenters. The lowest BCUT2D eigenvalue weighted by Crippen LogP contribution is -2.80. The molecule has 3 atom stereocenters. The molecule has 2 fully saturated rings. The smallest absolute Gasteiger partial charge is 0.241 e. The van der Waals surface area contributed by atoms with Crippen molar-refractivity contribution < 1.29 is 9.53 Å². The number of nitrogens with zero attached hydrogens (tertiary/aromatic N) is 1. The second-order valence-corrected chi connectivity index (χ2v) is 7.38. The average molecular weight is 295 g/mol. The molecule has 5 nitrogen and oxygen atoms in total. The Kier molecular flexibility index (Phi) is 3.15. The largest absolute Gasteiger partial charge is 0.377 e. The highest BCUT2D eigenvalue weighted by atomic mass is 32.1. The molecular weight excluding hydrogens is 274 g/mol. The number of ether oxygens (including phenoxy) is 1. The van der Waals surface area contributed by atoms with Gasteiger partial charge in [0.25, 0.3) is 0 Å². The first-order valence-corrected chi connectivity index (χ1v) is 7.85. The predicted molar refractivity (Wildman–Crippen MR) is 77.2 cm³/mol. The molecule has 110 valence electrons. The SMILES string of the molecule is Cc1nc(CNC(=O)C2(N)C3CCOC3C2(C)C)cs1. The van der Waals surface area contributed by atoms with Crippen molar-refractivity contribution in [1.82, 2.24) is 10.3 Å². The Morgan fingerprint density at radius 1 is 1.65 bits per heavy atom. The summed E-state index contributed by atoms with van der Waals surface area (Å²) in [6.45, 7) is 7.14. The number of amides is 1. The summed E-state index contributed by atoms with van der Waals surface area (Å²) in [6, 6.07) is 0. The van der Waals surface area contributed by atoms with Crippen LogP contribution in [-0.4, -0.2) is 29.1 Å². The number of rotatable bonds is 3. The highest BCUT2D eigenvalue weighted by Crippen LogP contribution is 2.58. The summed E-state index contributed by atoms with van der Waals surface area (Å²) in [4.78, 5) is 16.9. The van der Waals surface area contributed by atoms with E-state index >= 15 is 0 Å². The molecule has 1 saturated heterocycles. The van der Waals surface area contributed by atoms with Gasteiger partial charge in [-0.05, 0) is 13.3 Å². The summed E-state index contributed by atoms with van der Waals surface area (Å²) in [6.07, 6.45) is 0.980. The first-order chi connectivity index (χ1) is 9.37. The highest BCUT2D eigenvalue weighted by molar-refractivity contribution is 7.09. The molecule has 2 aliphatic rings. The zero-order valence-corrected chi connectivity index (χ0v) is 12.9. The first-order valence-electron chi connectivity index (χ1n) is 6.97. The Balaban J connectivity index is 1.70. The van der Waals surface area contributed by atoms with Gasteiger partial charge in [-0.2, -0.15) is 0 Å². The van der Waals surface area contributed by atoms with Gasteiger partial charge in [-0.3, -0.25) is 4.79 Å². The number of fused-ring (bicyclic) bond motifs is 1. The Morgan fingerprint density at radius 3 is 3.05 bits per heavy atom. The van der Waals surface area contributed by atoms with Gasteiger partial charge in [-0.15, -0.1) is 11.3 Å². The fraction of sp³-hybridized carbons (Fsp3) is 0.714. The van der Waals surface area contributed by atoms with Crippen molar-refractivity contribution in [2.75, 3.05) is 6.61 Å². The van der Waals surface area contributed by atoms with E-state index in [1.165, 1.54) is 0 Å². The number of hydrogen-bond acceptors (Lipinski definition) is 5. The van der Waals surface area contributed by atoms with Crippen LogP contribution in [0.5, 0.6) is 0 Å². The van der Waals surface area contributed by atoms with Crippen LogP contribution in [0.15, 0.2) is 5.38 Å². The van der Waals surface area contributed by atoms with Crippen LogP contribution in [0.3, 0.4) is 0 Å². The molecule has 6 heteroatoms. The van der Waals surface area contributed by atoms with E-state index in [0.29, 0.717) is 13.2 Å². The second kappa shape index (κ2) is 4.51. The van der Waals surface area contributed by atoms with Gasteiger partial charge < -0.3 is 15.8 Å². The molecule has 1 aliphatic carbocycles. The van der Waals surface area contributed by atoms with Gasteiger partial charge in [-0.25, -0.2) is 4.98 Å². The summed E-state index contributed by atoms with van der Waals surface area (Å²) >= 11 is 1.58. The zero-order valence-electron chi connectivity index (χ0n) is 12.1. The minimum absolute atomic E-state index is 0.0834. The molecule has 1 aromatic rings. The number of aryl methyl sites for hydroxylation is 1. The molecule has 0 spiro atoms. The van der Waals surface area contributed by atoms with E-state index in [2.05, 4.69) is 10.3 Å². The number of nitrogens with one attached hydrogen (secondary N) is 1. The molecule has 3 N–H and O–H groups in total. The number of aromatic nitrogens is 1. The number of thiazole rings is 1. The average Bonchev–Trinajstić information content (AvgIpc) is 3.02. The van der Waals surface area contributed by atoms with E-state index in [1.807, 2.05) is 26.2 Å². The van der Waals surface area contributed by atoms with Crippen LogP contribution < -0.4 is 11.1 Å². The molecule has 1 aliphatic heterocycles. The summed E-state index contributed by atoms with van der Waals surface area (Å²) in [5, 5.41) is 5.92. The predicted octanol–water partition coefficient (Wildman–Crippen LogP) is 1.21. The minimum atomic E-state index is -0.834. The van der Waals surface area contributed by atoms with Gasteiger partial charge in [0.2, 0.25) is 5.91 Å². The van der Waals surface area contributed by atoms with E-state index in [-0.39, 0.29) is 23.3 Å². The van der Waals surface area contributed by atoms with Crippen molar-refractivity contribution >= 4 is 17.2 Å². The summed E-state index contributed by atoms with van der Waals surface area (Å²) in [5.41, 5.74) is 6.20. The molecule has 3 rings (SSSR count). The Hall–Kier alpha value is -0.980. The highest BCUT2D eigenvalue weighted by Gasteiger charge is 2.71. The van der Waals surface area contributed by atoms with Gasteiger partial charge >= 0.3 is 0 Å². The van der Waals surface area contributed by atoms with Crippen molar-refractivity contribution in [1.29, 1.82) is 0 Å². The van der Waals surface area contributed by atoms with Crippen molar-refractivity contribution in [3.05, 3.63) is 16.1 Å². The lowest BCUT2D eigenvalue weighted by molar-refractivity contribution is -0.175. The maximum atomic E-state index is 12.6. The van der Waals surface area contributed by atoms with E-state index in [0.717, 1.165) is 17.1 Å². The lowest BCUT2D eigenvalue weighted by atomic mass is 9.48. The third-order valence-corrected chi connectivity index (χ3v) is 5.75. The number of carbonyl (C=O) groups is 1. The molecule has 1 aromatic heterocycles. The quantitative estimate of drug-likeness (QED) is 0.878. The van der Waals surface area contributed by atoms with Gasteiger partial charge in [-0.1, -0.05) is 13.8 Å². The Morgan fingerprint density at radius 2 is 2.40 bits per heavy atom. The standard InChI is InChI=1S/C14H21N3O2S/c1-8-17-9(7-20-8)6-16-12(18)14(15)10-4-5-19-11(10)13(14,2)3/h7,10-11H,4-6,15H2,1-3H3,(H,16,18). The van der Waals surface area contributed by atoms with E-state index < -0.39 is 5.54 Å². The molecule has 2 heterocycles. The summed E-state index contributed by atoms with van der Waals surface area (Å²) < 4.78 is 5.71. The normalized spacial score (nSPS) is 34.4. The summed E-state index contributed by atoms with van der Waals surface area (Å²) in [7, 11) is 0. The second-order valence-electron chi connectivity index (χ2n) is 6.32. The van der Waals surface area contributed by atoms with E-state index in [9.17, 15) is 4.79 Å². The van der Waals surface area contributed by atoms with Gasteiger partial charge in [0.05, 0.1) is 23.4 Å². The number of nitrogens with two attached hydrogens (primary N) is 1. The van der Waals surface area contributed by atoms with Crippen LogP contribution in [0.25, 0.3) is 0 Å². The zero-order chi connectivity index (χ0) is 14.5. The third-order valence-electron chi connectivity index (χ3n) is 4.93. The maximum absolute atomic E-state index is 12.6. The number of hydrogen-bond donors (Lipinski definition) is 2. The molecule has 1 saturated carbocycles. The lowest BCUT2D eigenvalue weighted by Gasteiger charge is -2.60. The van der Waals surface area contributed by atoms with Crippen LogP contribution in [0.4, 0.5) is 0 Å². The van der Waals surface area contributed by atoms with Gasteiger partial charge in [0.1, 0.15) is 5.54 Å². The summed E-state index contributed by atoms with van der Waals surface area (Å²) in [5.74, 6) is 0.0505. The molecule has 1 amide bonds. The maximum Gasteiger partial charge on any atom is 0.241 e. The van der Waals surface area contributed by atoms with E-state index in [4.69, 9.17) is 10.5 Å². The Bertz CT molecular complexity index is 542. The monoisotopic (exact) mass is 295 g/mol. The van der Waals surface area contributed by atoms with Crippen molar-refractivity contribution in [2.45, 2.75) is 45.4 Å². The first kappa shape index (κ1) is 14.0. The fourth-order valence-corrected chi connectivity index (χ4v) is 4.26.